The highest BCUT2D eigenvalue weighted by atomic mass is 16.4. The maximum Gasteiger partial charge on any atom is 0.323 e. The summed E-state index contributed by atoms with van der Waals surface area (Å²) in [5.74, 6) is -0.129. The van der Waals surface area contributed by atoms with Crippen molar-refractivity contribution in [1.29, 1.82) is 0 Å². The normalized spacial score (nSPS) is 16.5. The number of hydrogen-bond acceptors (Lipinski definition) is 2. The van der Waals surface area contributed by atoms with Crippen LogP contribution in [-0.2, 0) is 4.79 Å². The molecule has 0 aliphatic rings. The molecule has 0 aromatic carbocycles. The third-order valence-corrected chi connectivity index (χ3v) is 3.55. The van der Waals surface area contributed by atoms with Crippen LogP contribution >= 0.6 is 0 Å². The molecule has 0 bridgehead atoms. The van der Waals surface area contributed by atoms with Crippen LogP contribution in [0.5, 0.6) is 0 Å². The maximum absolute atomic E-state index is 11.3. The van der Waals surface area contributed by atoms with Gasteiger partial charge in [0.05, 0.1) is 0 Å². The van der Waals surface area contributed by atoms with Crippen molar-refractivity contribution < 1.29 is 9.90 Å². The van der Waals surface area contributed by atoms with E-state index in [0.29, 0.717) is 12.3 Å². The third-order valence-electron chi connectivity index (χ3n) is 3.55. The predicted molar refractivity (Wildman–Crippen MR) is 72.3 cm³/mol. The second kappa shape index (κ2) is 8.51. The van der Waals surface area contributed by atoms with Gasteiger partial charge in [-0.15, -0.1) is 0 Å². The fraction of sp³-hybridized carbons (Fsp3) is 0.929. The SMILES string of the molecule is CCCCC(CC)CNC(C)(CCC)C(=O)O. The smallest absolute Gasteiger partial charge is 0.323 e. The average Bonchev–Trinajstić information content (AvgIpc) is 2.29. The first-order valence-electron chi connectivity index (χ1n) is 6.98. The predicted octanol–water partition coefficient (Wildman–Crippen LogP) is 3.44. The van der Waals surface area contributed by atoms with E-state index in [9.17, 15) is 9.90 Å². The van der Waals surface area contributed by atoms with E-state index in [2.05, 4.69) is 19.2 Å². The van der Waals surface area contributed by atoms with Crippen molar-refractivity contribution in [3.8, 4) is 0 Å². The Kier molecular flexibility index (Phi) is 8.23. The van der Waals surface area contributed by atoms with E-state index in [-0.39, 0.29) is 0 Å². The zero-order valence-corrected chi connectivity index (χ0v) is 11.9. The van der Waals surface area contributed by atoms with Crippen LogP contribution in [0.4, 0.5) is 0 Å². The first-order valence-corrected chi connectivity index (χ1v) is 6.98. The summed E-state index contributed by atoms with van der Waals surface area (Å²) in [6, 6.07) is 0. The Morgan fingerprint density at radius 2 is 1.94 bits per heavy atom. The zero-order chi connectivity index (χ0) is 13.3. The number of rotatable bonds is 10. The molecule has 17 heavy (non-hydrogen) atoms. The second-order valence-corrected chi connectivity index (χ2v) is 5.18. The van der Waals surface area contributed by atoms with Crippen LogP contribution in [0, 0.1) is 5.92 Å². The van der Waals surface area contributed by atoms with E-state index >= 15 is 0 Å². The Labute approximate surface area is 106 Å². The van der Waals surface area contributed by atoms with Gasteiger partial charge in [-0.05, 0) is 32.2 Å². The Morgan fingerprint density at radius 3 is 2.35 bits per heavy atom. The van der Waals surface area contributed by atoms with Gasteiger partial charge in [0.2, 0.25) is 0 Å². The summed E-state index contributed by atoms with van der Waals surface area (Å²) in [4.78, 5) is 11.3. The highest BCUT2D eigenvalue weighted by Crippen LogP contribution is 2.16. The number of aliphatic carboxylic acids is 1. The molecule has 0 fully saturated rings. The molecule has 0 aliphatic carbocycles. The fourth-order valence-corrected chi connectivity index (χ4v) is 2.08. The molecule has 0 aromatic heterocycles. The van der Waals surface area contributed by atoms with Crippen molar-refractivity contribution >= 4 is 5.97 Å². The molecule has 2 N–H and O–H groups in total. The fourth-order valence-electron chi connectivity index (χ4n) is 2.08. The van der Waals surface area contributed by atoms with Gasteiger partial charge in [-0.3, -0.25) is 4.79 Å². The number of nitrogens with one attached hydrogen (secondary N) is 1. The minimum atomic E-state index is -0.756. The van der Waals surface area contributed by atoms with E-state index in [1.165, 1.54) is 19.3 Å². The van der Waals surface area contributed by atoms with Gasteiger partial charge in [0, 0.05) is 0 Å². The van der Waals surface area contributed by atoms with Crippen molar-refractivity contribution in [1.82, 2.24) is 5.32 Å². The minimum absolute atomic E-state index is 0.602. The Balaban J connectivity index is 4.22. The number of carboxylic acids is 1. The molecule has 0 spiro atoms. The maximum atomic E-state index is 11.3. The first kappa shape index (κ1) is 16.4. The monoisotopic (exact) mass is 243 g/mol. The van der Waals surface area contributed by atoms with Crippen LogP contribution in [0.15, 0.2) is 0 Å². The molecule has 102 valence electrons. The molecule has 3 nitrogen and oxygen atoms in total. The van der Waals surface area contributed by atoms with Gasteiger partial charge >= 0.3 is 5.97 Å². The van der Waals surface area contributed by atoms with E-state index in [0.717, 1.165) is 19.4 Å². The van der Waals surface area contributed by atoms with Crippen molar-refractivity contribution in [3.05, 3.63) is 0 Å². The average molecular weight is 243 g/mol. The molecular weight excluding hydrogens is 214 g/mol. The molecule has 0 aromatic rings. The molecule has 0 saturated carbocycles. The highest BCUT2D eigenvalue weighted by Gasteiger charge is 2.31. The molecule has 0 aliphatic heterocycles. The number of hydrogen-bond donors (Lipinski definition) is 2. The number of unbranched alkanes of at least 4 members (excludes halogenated alkanes) is 1. The summed E-state index contributed by atoms with van der Waals surface area (Å²) in [5, 5.41) is 12.5. The van der Waals surface area contributed by atoms with Crippen LogP contribution in [0.1, 0.15) is 66.2 Å². The van der Waals surface area contributed by atoms with Gasteiger partial charge < -0.3 is 10.4 Å². The van der Waals surface area contributed by atoms with Gasteiger partial charge in [-0.1, -0.05) is 46.5 Å². The van der Waals surface area contributed by atoms with Gasteiger partial charge in [0.15, 0.2) is 0 Å². The number of carbonyl (C=O) groups is 1. The van der Waals surface area contributed by atoms with Crippen molar-refractivity contribution in [2.45, 2.75) is 71.8 Å². The van der Waals surface area contributed by atoms with Gasteiger partial charge in [0.1, 0.15) is 5.54 Å². The Hall–Kier alpha value is -0.570. The van der Waals surface area contributed by atoms with Gasteiger partial charge in [0.25, 0.3) is 0 Å². The molecule has 0 amide bonds. The minimum Gasteiger partial charge on any atom is -0.480 e. The lowest BCUT2D eigenvalue weighted by Gasteiger charge is -2.28. The summed E-state index contributed by atoms with van der Waals surface area (Å²) in [6.07, 6.45) is 6.34. The molecule has 0 saturated heterocycles. The summed E-state index contributed by atoms with van der Waals surface area (Å²) in [7, 11) is 0. The molecule has 0 rings (SSSR count). The summed E-state index contributed by atoms with van der Waals surface area (Å²) in [5.41, 5.74) is -0.756. The Morgan fingerprint density at radius 1 is 1.29 bits per heavy atom. The van der Waals surface area contributed by atoms with Crippen LogP contribution < -0.4 is 5.32 Å². The third kappa shape index (κ3) is 6.06. The van der Waals surface area contributed by atoms with Crippen molar-refractivity contribution in [2.75, 3.05) is 6.54 Å². The summed E-state index contributed by atoms with van der Waals surface area (Å²) in [6.45, 7) is 9.01. The van der Waals surface area contributed by atoms with E-state index < -0.39 is 11.5 Å². The molecule has 2 unspecified atom stereocenters. The Bertz CT molecular complexity index is 218. The largest absolute Gasteiger partial charge is 0.480 e. The zero-order valence-electron chi connectivity index (χ0n) is 11.9. The van der Waals surface area contributed by atoms with E-state index in [4.69, 9.17) is 0 Å². The second-order valence-electron chi connectivity index (χ2n) is 5.18. The van der Waals surface area contributed by atoms with Gasteiger partial charge in [-0.25, -0.2) is 0 Å². The van der Waals surface area contributed by atoms with Gasteiger partial charge in [-0.2, -0.15) is 0 Å². The van der Waals surface area contributed by atoms with Crippen LogP contribution in [0.3, 0.4) is 0 Å². The van der Waals surface area contributed by atoms with Crippen LogP contribution in [0.25, 0.3) is 0 Å². The lowest BCUT2D eigenvalue weighted by molar-refractivity contribution is -0.144. The highest BCUT2D eigenvalue weighted by molar-refractivity contribution is 5.78. The summed E-state index contributed by atoms with van der Waals surface area (Å²) >= 11 is 0. The van der Waals surface area contributed by atoms with E-state index in [1.54, 1.807) is 6.92 Å². The van der Waals surface area contributed by atoms with Crippen LogP contribution in [-0.4, -0.2) is 23.2 Å². The topological polar surface area (TPSA) is 49.3 Å². The molecule has 0 radical (unpaired) electrons. The van der Waals surface area contributed by atoms with Crippen LogP contribution in [0.2, 0.25) is 0 Å². The standard InChI is InChI=1S/C14H29NO2/c1-5-8-9-12(7-3)11-15-14(4,10-6-2)13(16)17/h12,15H,5-11H2,1-4H3,(H,16,17). The molecular formula is C14H29NO2. The molecule has 2 atom stereocenters. The molecule has 3 heteroatoms. The van der Waals surface area contributed by atoms with Crippen molar-refractivity contribution in [3.63, 3.8) is 0 Å². The first-order chi connectivity index (χ1) is 8.00. The number of carboxylic acid groups (broad SMARTS) is 1. The lowest BCUT2D eigenvalue weighted by Crippen LogP contribution is -2.50. The van der Waals surface area contributed by atoms with Crippen molar-refractivity contribution in [2.24, 2.45) is 5.92 Å². The quantitative estimate of drug-likeness (QED) is 0.618. The lowest BCUT2D eigenvalue weighted by atomic mass is 9.93. The summed E-state index contributed by atoms with van der Waals surface area (Å²) < 4.78 is 0. The van der Waals surface area contributed by atoms with E-state index in [1.807, 2.05) is 6.92 Å². The molecule has 0 heterocycles.